The molecule has 0 bridgehead atoms. The minimum absolute atomic E-state index is 0.609. The number of nitrogens with one attached hydrogen (secondary N) is 1. The first-order valence-electron chi connectivity index (χ1n) is 6.71. The molecule has 6 heteroatoms. The maximum absolute atomic E-state index is 5.31. The van der Waals surface area contributed by atoms with E-state index >= 15 is 0 Å². The lowest BCUT2D eigenvalue weighted by molar-refractivity contribution is 0.379. The fourth-order valence-electron chi connectivity index (χ4n) is 2.15. The minimum Gasteiger partial charge on any atom is -0.497 e. The molecule has 0 saturated carbocycles. The molecule has 6 nitrogen and oxygen atoms in total. The average molecular weight is 284 g/mol. The molecule has 0 aliphatic carbocycles. The topological polar surface area (TPSA) is 76.8 Å². The van der Waals surface area contributed by atoms with Crippen molar-refractivity contribution in [1.29, 1.82) is 0 Å². The quantitative estimate of drug-likeness (QED) is 0.779. The number of ether oxygens (including phenoxy) is 1. The van der Waals surface area contributed by atoms with Crippen LogP contribution in [-0.2, 0) is 12.8 Å². The first-order chi connectivity index (χ1) is 10.3. The lowest BCUT2D eigenvalue weighted by Gasteiger charge is -2.04. The monoisotopic (exact) mass is 284 g/mol. The van der Waals surface area contributed by atoms with E-state index in [1.165, 1.54) is 0 Å². The van der Waals surface area contributed by atoms with Crippen LogP contribution in [0.2, 0.25) is 0 Å². The van der Waals surface area contributed by atoms with Crippen LogP contribution in [0.3, 0.4) is 0 Å². The zero-order valence-electron chi connectivity index (χ0n) is 12.0. The summed E-state index contributed by atoms with van der Waals surface area (Å²) in [7, 11) is 1.65. The summed E-state index contributed by atoms with van der Waals surface area (Å²) in [6.07, 6.45) is 5.18. The molecule has 108 valence electrons. The molecule has 0 saturated heterocycles. The number of nitrogens with zero attached hydrogens (tertiary/aromatic N) is 3. The van der Waals surface area contributed by atoms with Gasteiger partial charge in [0.2, 0.25) is 11.7 Å². The van der Waals surface area contributed by atoms with Gasteiger partial charge in [0.1, 0.15) is 5.75 Å². The summed E-state index contributed by atoms with van der Waals surface area (Å²) in [4.78, 5) is 4.45. The predicted octanol–water partition coefficient (Wildman–Crippen LogP) is 2.56. The van der Waals surface area contributed by atoms with Crippen molar-refractivity contribution in [3.05, 3.63) is 47.6 Å². The number of aromatic amines is 1. The van der Waals surface area contributed by atoms with Crippen molar-refractivity contribution in [2.75, 3.05) is 7.11 Å². The molecule has 0 aliphatic heterocycles. The van der Waals surface area contributed by atoms with Gasteiger partial charge in [0.25, 0.3) is 0 Å². The molecule has 0 aliphatic rings. The molecule has 0 radical (unpaired) electrons. The van der Waals surface area contributed by atoms with Crippen LogP contribution >= 0.6 is 0 Å². The molecule has 0 spiro atoms. The Morgan fingerprint density at radius 2 is 2.19 bits per heavy atom. The molecule has 2 aromatic heterocycles. The van der Waals surface area contributed by atoms with Crippen molar-refractivity contribution >= 4 is 0 Å². The van der Waals surface area contributed by atoms with Gasteiger partial charge in [-0.1, -0.05) is 5.16 Å². The molecule has 21 heavy (non-hydrogen) atoms. The second-order valence-corrected chi connectivity index (χ2v) is 4.80. The van der Waals surface area contributed by atoms with Gasteiger partial charge in [-0.2, -0.15) is 10.1 Å². The minimum atomic E-state index is 0.609. The summed E-state index contributed by atoms with van der Waals surface area (Å²) in [6, 6.07) is 5.79. The van der Waals surface area contributed by atoms with E-state index < -0.39 is 0 Å². The van der Waals surface area contributed by atoms with Gasteiger partial charge in [0.05, 0.1) is 13.3 Å². The molecule has 0 unspecified atom stereocenters. The van der Waals surface area contributed by atoms with Crippen LogP contribution in [0.4, 0.5) is 0 Å². The molecule has 3 aromatic rings. The number of benzene rings is 1. The molecule has 1 N–H and O–H groups in total. The summed E-state index contributed by atoms with van der Waals surface area (Å²) in [5.74, 6) is 2.05. The van der Waals surface area contributed by atoms with E-state index in [4.69, 9.17) is 9.26 Å². The number of rotatable bonds is 5. The van der Waals surface area contributed by atoms with Gasteiger partial charge in [0, 0.05) is 18.2 Å². The van der Waals surface area contributed by atoms with Crippen LogP contribution in [0, 0.1) is 6.92 Å². The van der Waals surface area contributed by atoms with Gasteiger partial charge < -0.3 is 9.26 Å². The highest BCUT2D eigenvalue weighted by molar-refractivity contribution is 5.60. The SMILES string of the molecule is COc1ccc(-c2noc(CCc3cn[nH]c3)n2)c(C)c1. The smallest absolute Gasteiger partial charge is 0.227 e. The number of aryl methyl sites for hydroxylation is 3. The lowest BCUT2D eigenvalue weighted by atomic mass is 10.1. The Balaban J connectivity index is 1.75. The van der Waals surface area contributed by atoms with Crippen molar-refractivity contribution < 1.29 is 9.26 Å². The van der Waals surface area contributed by atoms with E-state index in [0.717, 1.165) is 28.9 Å². The molecule has 0 fully saturated rings. The fraction of sp³-hybridized carbons (Fsp3) is 0.267. The van der Waals surface area contributed by atoms with Crippen molar-refractivity contribution in [2.45, 2.75) is 19.8 Å². The van der Waals surface area contributed by atoms with Gasteiger partial charge in [-0.05, 0) is 42.7 Å². The molecule has 0 atom stereocenters. The van der Waals surface area contributed by atoms with Gasteiger partial charge in [-0.3, -0.25) is 5.10 Å². The third kappa shape index (κ3) is 2.94. The molecule has 1 aromatic carbocycles. The van der Waals surface area contributed by atoms with Crippen LogP contribution < -0.4 is 4.74 Å². The first kappa shape index (κ1) is 13.4. The summed E-state index contributed by atoms with van der Waals surface area (Å²) in [5.41, 5.74) is 3.13. The van der Waals surface area contributed by atoms with Crippen molar-refractivity contribution in [3.8, 4) is 17.1 Å². The van der Waals surface area contributed by atoms with Gasteiger partial charge in [-0.25, -0.2) is 0 Å². The van der Waals surface area contributed by atoms with Crippen molar-refractivity contribution in [2.24, 2.45) is 0 Å². The molecule has 3 rings (SSSR count). The number of hydrogen-bond donors (Lipinski definition) is 1. The number of methoxy groups -OCH3 is 1. The van der Waals surface area contributed by atoms with Crippen LogP contribution in [0.25, 0.3) is 11.4 Å². The Labute approximate surface area is 122 Å². The zero-order valence-corrected chi connectivity index (χ0v) is 12.0. The van der Waals surface area contributed by atoms with E-state index in [0.29, 0.717) is 18.1 Å². The number of hydrogen-bond acceptors (Lipinski definition) is 5. The third-order valence-corrected chi connectivity index (χ3v) is 3.32. The molecular weight excluding hydrogens is 268 g/mol. The van der Waals surface area contributed by atoms with Gasteiger partial charge in [0.15, 0.2) is 0 Å². The third-order valence-electron chi connectivity index (χ3n) is 3.32. The zero-order chi connectivity index (χ0) is 14.7. The second-order valence-electron chi connectivity index (χ2n) is 4.80. The van der Waals surface area contributed by atoms with Crippen LogP contribution in [-0.4, -0.2) is 27.4 Å². The number of H-pyrrole nitrogens is 1. The summed E-state index contributed by atoms with van der Waals surface area (Å²) >= 11 is 0. The predicted molar refractivity (Wildman–Crippen MR) is 77.0 cm³/mol. The summed E-state index contributed by atoms with van der Waals surface area (Å²) in [6.45, 7) is 2.00. The highest BCUT2D eigenvalue weighted by Crippen LogP contribution is 2.24. The molecule has 0 amide bonds. The largest absolute Gasteiger partial charge is 0.497 e. The maximum Gasteiger partial charge on any atom is 0.227 e. The second kappa shape index (κ2) is 5.78. The Morgan fingerprint density at radius 1 is 1.29 bits per heavy atom. The Bertz CT molecular complexity index is 719. The van der Waals surface area contributed by atoms with Crippen molar-refractivity contribution in [1.82, 2.24) is 20.3 Å². The van der Waals surface area contributed by atoms with E-state index in [2.05, 4.69) is 20.3 Å². The maximum atomic E-state index is 5.31. The Hall–Kier alpha value is -2.63. The summed E-state index contributed by atoms with van der Waals surface area (Å²) in [5, 5.41) is 10.8. The average Bonchev–Trinajstić information content (AvgIpc) is 3.16. The van der Waals surface area contributed by atoms with Crippen LogP contribution in [0.15, 0.2) is 35.1 Å². The van der Waals surface area contributed by atoms with E-state index in [1.807, 2.05) is 31.3 Å². The highest BCUT2D eigenvalue weighted by Gasteiger charge is 2.11. The summed E-state index contributed by atoms with van der Waals surface area (Å²) < 4.78 is 10.5. The van der Waals surface area contributed by atoms with Crippen LogP contribution in [0.1, 0.15) is 17.0 Å². The Morgan fingerprint density at radius 3 is 2.90 bits per heavy atom. The number of aromatic nitrogens is 4. The lowest BCUT2D eigenvalue weighted by Crippen LogP contribution is -1.91. The van der Waals surface area contributed by atoms with Gasteiger partial charge in [-0.15, -0.1) is 0 Å². The van der Waals surface area contributed by atoms with E-state index in [1.54, 1.807) is 13.3 Å². The molecule has 2 heterocycles. The first-order valence-corrected chi connectivity index (χ1v) is 6.71. The Kier molecular flexibility index (Phi) is 3.68. The standard InChI is InChI=1S/C15H16N4O2/c1-10-7-12(20-2)4-5-13(10)15-18-14(21-19-15)6-3-11-8-16-17-9-11/h4-5,7-9H,3,6H2,1-2H3,(H,16,17). The van der Waals surface area contributed by atoms with Crippen molar-refractivity contribution in [3.63, 3.8) is 0 Å². The van der Waals surface area contributed by atoms with E-state index in [-0.39, 0.29) is 0 Å². The van der Waals surface area contributed by atoms with Crippen LogP contribution in [0.5, 0.6) is 5.75 Å². The normalized spacial score (nSPS) is 10.8. The van der Waals surface area contributed by atoms with Gasteiger partial charge >= 0.3 is 0 Å². The highest BCUT2D eigenvalue weighted by atomic mass is 16.5. The fourth-order valence-corrected chi connectivity index (χ4v) is 2.15. The molecular formula is C15H16N4O2. The van der Waals surface area contributed by atoms with E-state index in [9.17, 15) is 0 Å².